The van der Waals surface area contributed by atoms with Crippen LogP contribution in [-0.4, -0.2) is 38.6 Å². The van der Waals surface area contributed by atoms with Crippen LogP contribution in [0, 0.1) is 6.92 Å². The summed E-state index contributed by atoms with van der Waals surface area (Å²) in [5.74, 6) is -0.360. The Kier molecular flexibility index (Phi) is 7.96. The first kappa shape index (κ1) is 25.7. The number of aromatic nitrogens is 2. The number of H-pyrrole nitrogens is 1. The summed E-state index contributed by atoms with van der Waals surface area (Å²) < 4.78 is 7.61. The van der Waals surface area contributed by atoms with E-state index in [1.807, 2.05) is 6.07 Å². The minimum atomic E-state index is -1.07. The highest BCUT2D eigenvalue weighted by molar-refractivity contribution is 6.30. The minimum Gasteiger partial charge on any atom is -0.478 e. The fourth-order valence-electron chi connectivity index (χ4n) is 4.85. The van der Waals surface area contributed by atoms with Crippen molar-refractivity contribution < 1.29 is 14.6 Å². The molecule has 0 saturated carbocycles. The lowest BCUT2D eigenvalue weighted by Gasteiger charge is -2.39. The number of carbonyl (C=O) groups is 1. The van der Waals surface area contributed by atoms with Gasteiger partial charge in [-0.05, 0) is 68.6 Å². The lowest BCUT2D eigenvalue weighted by Crippen LogP contribution is -2.43. The van der Waals surface area contributed by atoms with E-state index < -0.39 is 11.7 Å². The minimum absolute atomic E-state index is 0.0157. The van der Waals surface area contributed by atoms with Crippen LogP contribution in [0.15, 0.2) is 58.3 Å². The van der Waals surface area contributed by atoms with Crippen molar-refractivity contribution in [1.29, 1.82) is 0 Å². The number of aryl methyl sites for hydroxylation is 1. The third-order valence-electron chi connectivity index (χ3n) is 6.61. The zero-order chi connectivity index (χ0) is 25.8. The molecule has 8 nitrogen and oxygen atoms in total. The molecule has 2 aromatic carbocycles. The highest BCUT2D eigenvalue weighted by Crippen LogP contribution is 2.36. The molecule has 0 radical (unpaired) electrons. The second-order valence-electron chi connectivity index (χ2n) is 9.19. The predicted molar refractivity (Wildman–Crippen MR) is 138 cm³/mol. The summed E-state index contributed by atoms with van der Waals surface area (Å²) in [7, 11) is 0. The van der Waals surface area contributed by atoms with E-state index in [0.717, 1.165) is 37.8 Å². The van der Waals surface area contributed by atoms with Crippen molar-refractivity contribution >= 4 is 17.6 Å². The first-order valence-electron chi connectivity index (χ1n) is 12.1. The Morgan fingerprint density at radius 3 is 2.78 bits per heavy atom. The summed E-state index contributed by atoms with van der Waals surface area (Å²) in [6, 6.07) is 12.0. The molecule has 0 unspecified atom stereocenters. The van der Waals surface area contributed by atoms with Gasteiger partial charge in [-0.25, -0.2) is 9.59 Å². The van der Waals surface area contributed by atoms with E-state index in [-0.39, 0.29) is 29.0 Å². The van der Waals surface area contributed by atoms with Crippen LogP contribution in [0.5, 0.6) is 11.5 Å². The van der Waals surface area contributed by atoms with Crippen LogP contribution in [-0.2, 0) is 0 Å². The Bertz CT molecular complexity index is 1370. The number of rotatable bonds is 8. The maximum atomic E-state index is 12.5. The van der Waals surface area contributed by atoms with Crippen LogP contribution in [0.4, 0.5) is 0 Å². The van der Waals surface area contributed by atoms with Crippen molar-refractivity contribution in [3.63, 3.8) is 0 Å². The van der Waals surface area contributed by atoms with Crippen LogP contribution >= 0.6 is 11.6 Å². The van der Waals surface area contributed by atoms with Gasteiger partial charge in [-0.1, -0.05) is 37.1 Å². The van der Waals surface area contributed by atoms with Gasteiger partial charge in [0.05, 0.1) is 6.04 Å². The van der Waals surface area contributed by atoms with Crippen LogP contribution < -0.4 is 16.0 Å². The van der Waals surface area contributed by atoms with Gasteiger partial charge in [0.1, 0.15) is 17.1 Å². The van der Waals surface area contributed by atoms with Crippen molar-refractivity contribution in [2.24, 2.45) is 0 Å². The number of benzene rings is 2. The van der Waals surface area contributed by atoms with Crippen molar-refractivity contribution in [3.8, 4) is 11.5 Å². The Morgan fingerprint density at radius 1 is 1.25 bits per heavy atom. The van der Waals surface area contributed by atoms with Crippen molar-refractivity contribution in [1.82, 2.24) is 14.5 Å². The molecule has 9 heteroatoms. The van der Waals surface area contributed by atoms with E-state index in [2.05, 4.69) is 16.8 Å². The highest BCUT2D eigenvalue weighted by atomic mass is 35.5. The van der Waals surface area contributed by atoms with Gasteiger partial charge in [-0.3, -0.25) is 19.2 Å². The number of aromatic carboxylic acids is 1. The van der Waals surface area contributed by atoms with E-state index in [9.17, 15) is 19.5 Å². The number of nitrogens with one attached hydrogen (secondary N) is 1. The monoisotopic (exact) mass is 511 g/mol. The number of aromatic amines is 1. The lowest BCUT2D eigenvalue weighted by molar-refractivity contribution is 0.0694. The first-order chi connectivity index (χ1) is 17.3. The summed E-state index contributed by atoms with van der Waals surface area (Å²) in [5, 5.41) is 10.2. The molecule has 190 valence electrons. The molecule has 2 N–H and O–H groups in total. The number of likely N-dealkylation sites (tertiary alicyclic amines) is 1. The van der Waals surface area contributed by atoms with Gasteiger partial charge in [0.2, 0.25) is 0 Å². The molecular weight excluding hydrogens is 482 g/mol. The molecule has 1 aliphatic rings. The zero-order valence-electron chi connectivity index (χ0n) is 20.4. The fraction of sp³-hybridized carbons (Fsp3) is 0.370. The van der Waals surface area contributed by atoms with Crippen molar-refractivity contribution in [3.05, 3.63) is 91.2 Å². The average molecular weight is 512 g/mol. The normalized spacial score (nSPS) is 17.0. The molecule has 2 heterocycles. The molecule has 4 rings (SSSR count). The zero-order valence-corrected chi connectivity index (χ0v) is 21.1. The molecule has 0 bridgehead atoms. The molecule has 0 aliphatic carbocycles. The summed E-state index contributed by atoms with van der Waals surface area (Å²) >= 11 is 6.08. The van der Waals surface area contributed by atoms with Gasteiger partial charge in [0.15, 0.2) is 0 Å². The largest absolute Gasteiger partial charge is 0.478 e. The SMILES string of the molecule is CCC[C@@H](c1ccc(C(=O)O)c(Oc2cccc(Cl)c2)c1)N1CCC[C@H](n2cc(C)c(=O)[nH]c2=O)C1. The molecule has 1 saturated heterocycles. The van der Waals surface area contributed by atoms with Crippen LogP contribution in [0.3, 0.4) is 0 Å². The number of halogens is 1. The third kappa shape index (κ3) is 5.71. The molecule has 0 amide bonds. The van der Waals surface area contributed by atoms with Crippen LogP contribution in [0.25, 0.3) is 0 Å². The molecule has 2 atom stereocenters. The standard InChI is InChI=1S/C27H30ClN3O5/c1-3-6-23(30-12-5-8-20(16-30)31-15-17(2)25(32)29-27(31)35)18-10-11-22(26(33)34)24(13-18)36-21-9-4-7-19(28)14-21/h4,7,9-11,13-15,20,23H,3,5-6,8,12,16H2,1-2H3,(H,33,34)(H,29,32,35)/t20-,23-/m0/s1. The van der Waals surface area contributed by atoms with Gasteiger partial charge in [-0.15, -0.1) is 0 Å². The first-order valence-corrected chi connectivity index (χ1v) is 12.5. The Labute approximate surface area is 214 Å². The third-order valence-corrected chi connectivity index (χ3v) is 6.85. The Morgan fingerprint density at radius 2 is 2.06 bits per heavy atom. The van der Waals surface area contributed by atoms with Gasteiger partial charge in [0.25, 0.3) is 5.56 Å². The molecule has 3 aromatic rings. The number of hydrogen-bond acceptors (Lipinski definition) is 5. The molecule has 1 aliphatic heterocycles. The topological polar surface area (TPSA) is 105 Å². The molecule has 1 fully saturated rings. The number of carboxylic acids is 1. The number of carboxylic acid groups (broad SMARTS) is 1. The molecule has 36 heavy (non-hydrogen) atoms. The quantitative estimate of drug-likeness (QED) is 0.432. The number of ether oxygens (including phenoxy) is 1. The highest BCUT2D eigenvalue weighted by Gasteiger charge is 2.29. The van der Waals surface area contributed by atoms with E-state index in [1.54, 1.807) is 54.1 Å². The fourth-order valence-corrected chi connectivity index (χ4v) is 5.03. The van der Waals surface area contributed by atoms with E-state index >= 15 is 0 Å². The Balaban J connectivity index is 1.66. The predicted octanol–water partition coefficient (Wildman–Crippen LogP) is 5.17. The molecular formula is C27H30ClN3O5. The average Bonchev–Trinajstić information content (AvgIpc) is 2.84. The molecule has 0 spiro atoms. The van der Waals surface area contributed by atoms with Gasteiger partial charge in [0, 0.05) is 29.4 Å². The molecule has 1 aromatic heterocycles. The maximum Gasteiger partial charge on any atom is 0.339 e. The second-order valence-corrected chi connectivity index (χ2v) is 9.63. The van der Waals surface area contributed by atoms with E-state index in [4.69, 9.17) is 16.3 Å². The second kappa shape index (κ2) is 11.1. The summed E-state index contributed by atoms with van der Waals surface area (Å²) in [6.45, 7) is 5.30. The van der Waals surface area contributed by atoms with E-state index in [0.29, 0.717) is 22.9 Å². The maximum absolute atomic E-state index is 12.5. The summed E-state index contributed by atoms with van der Waals surface area (Å²) in [5.41, 5.74) is 0.764. The summed E-state index contributed by atoms with van der Waals surface area (Å²) in [6.07, 6.45) is 5.16. The van der Waals surface area contributed by atoms with Crippen molar-refractivity contribution in [2.75, 3.05) is 13.1 Å². The summed E-state index contributed by atoms with van der Waals surface area (Å²) in [4.78, 5) is 41.0. The number of hydrogen-bond donors (Lipinski definition) is 2. The lowest BCUT2D eigenvalue weighted by atomic mass is 9.95. The van der Waals surface area contributed by atoms with E-state index in [1.165, 1.54) is 0 Å². The van der Waals surface area contributed by atoms with Gasteiger partial charge in [-0.2, -0.15) is 0 Å². The van der Waals surface area contributed by atoms with Gasteiger partial charge >= 0.3 is 11.7 Å². The van der Waals surface area contributed by atoms with Crippen LogP contribution in [0.1, 0.15) is 66.2 Å². The van der Waals surface area contributed by atoms with Gasteiger partial charge < -0.3 is 9.84 Å². The van der Waals surface area contributed by atoms with Crippen LogP contribution in [0.2, 0.25) is 5.02 Å². The number of nitrogens with zero attached hydrogens (tertiary/aromatic N) is 2. The smallest absolute Gasteiger partial charge is 0.339 e. The number of piperidine rings is 1. The Hall–Kier alpha value is -3.36. The van der Waals surface area contributed by atoms with Crippen molar-refractivity contribution in [2.45, 2.75) is 51.6 Å².